The number of hydrogen-bond acceptors (Lipinski definition) is 4. The quantitative estimate of drug-likeness (QED) is 0.839. The van der Waals surface area contributed by atoms with Crippen LogP contribution < -0.4 is 5.73 Å². The van der Waals surface area contributed by atoms with Gasteiger partial charge in [-0.25, -0.2) is 0 Å². The Bertz CT molecular complexity index is 647. The van der Waals surface area contributed by atoms with Gasteiger partial charge in [0.05, 0.1) is 5.56 Å². The second kappa shape index (κ2) is 5.51. The molecule has 2 N–H and O–H groups in total. The number of hydrogen-bond donors (Lipinski definition) is 1. The van der Waals surface area contributed by atoms with Gasteiger partial charge in [-0.15, -0.1) is 0 Å². The molecule has 1 aromatic carbocycles. The van der Waals surface area contributed by atoms with Gasteiger partial charge in [0.2, 0.25) is 0 Å². The van der Waals surface area contributed by atoms with E-state index in [1.807, 2.05) is 13.0 Å². The first-order valence-electron chi connectivity index (χ1n) is 7.75. The van der Waals surface area contributed by atoms with Gasteiger partial charge < -0.3 is 10.3 Å². The number of nitrogen functional groups attached to an aromatic ring is 1. The Morgan fingerprint density at radius 3 is 2.81 bits per heavy atom. The number of aromatic nitrogens is 2. The van der Waals surface area contributed by atoms with Crippen LogP contribution in [0, 0.1) is 19.8 Å². The summed E-state index contributed by atoms with van der Waals surface area (Å²) in [4.78, 5) is 4.62. The molecule has 0 amide bonds. The summed E-state index contributed by atoms with van der Waals surface area (Å²) >= 11 is 0. The first-order chi connectivity index (χ1) is 10.0. The van der Waals surface area contributed by atoms with Gasteiger partial charge in [-0.1, -0.05) is 31.0 Å². The van der Waals surface area contributed by atoms with Crippen molar-refractivity contribution in [3.63, 3.8) is 0 Å². The molecule has 1 heterocycles. The summed E-state index contributed by atoms with van der Waals surface area (Å²) in [5.74, 6) is 2.57. The zero-order valence-corrected chi connectivity index (χ0v) is 13.0. The molecule has 0 spiro atoms. The number of anilines is 1. The number of nitrogens with two attached hydrogens (primary N) is 1. The molecule has 1 aliphatic rings. The van der Waals surface area contributed by atoms with Crippen molar-refractivity contribution < 1.29 is 4.52 Å². The van der Waals surface area contributed by atoms with E-state index < -0.39 is 0 Å². The van der Waals surface area contributed by atoms with E-state index in [0.717, 1.165) is 47.0 Å². The standard InChI is InChI=1S/C17H23N3O/c1-10-5-4-6-13(8-10)16-19-17(21-20-16)14-9-11(2)7-12(3)15(14)18/h7,9-10,13H,4-6,8,18H2,1-3H3. The lowest BCUT2D eigenvalue weighted by Gasteiger charge is -2.23. The SMILES string of the molecule is Cc1cc(C)c(N)c(-c2nc(C3CCCC(C)C3)no2)c1. The number of rotatable bonds is 2. The van der Waals surface area contributed by atoms with Gasteiger partial charge in [0.25, 0.3) is 5.89 Å². The minimum atomic E-state index is 0.429. The maximum atomic E-state index is 6.17. The van der Waals surface area contributed by atoms with Crippen LogP contribution in [-0.2, 0) is 0 Å². The van der Waals surface area contributed by atoms with Crippen molar-refractivity contribution in [2.45, 2.75) is 52.4 Å². The van der Waals surface area contributed by atoms with Gasteiger partial charge in [0.15, 0.2) is 5.82 Å². The summed E-state index contributed by atoms with van der Waals surface area (Å²) in [5, 5.41) is 4.21. The lowest BCUT2D eigenvalue weighted by atomic mass is 9.82. The Balaban J connectivity index is 1.91. The second-order valence-corrected chi connectivity index (χ2v) is 6.47. The molecule has 0 aliphatic heterocycles. The van der Waals surface area contributed by atoms with Gasteiger partial charge in [-0.05, 0) is 49.8 Å². The van der Waals surface area contributed by atoms with Crippen LogP contribution >= 0.6 is 0 Å². The van der Waals surface area contributed by atoms with Gasteiger partial charge in [-0.2, -0.15) is 4.98 Å². The number of nitrogens with zero attached hydrogens (tertiary/aromatic N) is 2. The van der Waals surface area contributed by atoms with Gasteiger partial charge in [-0.3, -0.25) is 0 Å². The Morgan fingerprint density at radius 1 is 1.24 bits per heavy atom. The van der Waals surface area contributed by atoms with E-state index in [4.69, 9.17) is 10.3 Å². The van der Waals surface area contributed by atoms with Crippen LogP contribution in [0.25, 0.3) is 11.5 Å². The molecule has 1 saturated carbocycles. The molecule has 1 aliphatic carbocycles. The van der Waals surface area contributed by atoms with Gasteiger partial charge >= 0.3 is 0 Å². The number of benzene rings is 1. The summed E-state index contributed by atoms with van der Waals surface area (Å²) in [6.07, 6.45) is 4.87. The second-order valence-electron chi connectivity index (χ2n) is 6.47. The van der Waals surface area contributed by atoms with Gasteiger partial charge in [0, 0.05) is 11.6 Å². The molecule has 4 nitrogen and oxygen atoms in total. The highest BCUT2D eigenvalue weighted by molar-refractivity contribution is 5.74. The monoisotopic (exact) mass is 285 g/mol. The first kappa shape index (κ1) is 14.1. The maximum absolute atomic E-state index is 6.17. The topological polar surface area (TPSA) is 64.9 Å². The summed E-state index contributed by atoms with van der Waals surface area (Å²) in [6, 6.07) is 4.09. The van der Waals surface area contributed by atoms with E-state index in [-0.39, 0.29) is 0 Å². The minimum absolute atomic E-state index is 0.429. The molecule has 0 radical (unpaired) electrons. The molecule has 4 heteroatoms. The molecule has 1 aromatic heterocycles. The average molecular weight is 285 g/mol. The molecule has 2 atom stereocenters. The van der Waals surface area contributed by atoms with Crippen LogP contribution in [0.2, 0.25) is 0 Å². The van der Waals surface area contributed by atoms with Crippen LogP contribution in [0.15, 0.2) is 16.7 Å². The predicted octanol–water partition coefficient (Wildman–Crippen LogP) is 4.23. The van der Waals surface area contributed by atoms with Crippen molar-refractivity contribution in [2.75, 3.05) is 5.73 Å². The molecule has 0 bridgehead atoms. The fourth-order valence-corrected chi connectivity index (χ4v) is 3.33. The summed E-state index contributed by atoms with van der Waals surface area (Å²) < 4.78 is 5.49. The minimum Gasteiger partial charge on any atom is -0.398 e. The highest BCUT2D eigenvalue weighted by Crippen LogP contribution is 2.36. The van der Waals surface area contributed by atoms with Crippen molar-refractivity contribution in [3.05, 3.63) is 29.1 Å². The van der Waals surface area contributed by atoms with Crippen LogP contribution in [-0.4, -0.2) is 10.1 Å². The molecule has 2 unspecified atom stereocenters. The first-order valence-corrected chi connectivity index (χ1v) is 7.75. The normalized spacial score (nSPS) is 22.4. The summed E-state index contributed by atoms with van der Waals surface area (Å²) in [7, 11) is 0. The molecular formula is C17H23N3O. The zero-order chi connectivity index (χ0) is 15.0. The van der Waals surface area contributed by atoms with E-state index in [1.165, 1.54) is 12.8 Å². The molecule has 21 heavy (non-hydrogen) atoms. The van der Waals surface area contributed by atoms with Crippen LogP contribution in [0.5, 0.6) is 0 Å². The van der Waals surface area contributed by atoms with E-state index in [0.29, 0.717) is 11.8 Å². The Hall–Kier alpha value is -1.84. The van der Waals surface area contributed by atoms with Crippen molar-refractivity contribution in [2.24, 2.45) is 5.92 Å². The predicted molar refractivity (Wildman–Crippen MR) is 84.0 cm³/mol. The fourth-order valence-electron chi connectivity index (χ4n) is 3.33. The Kier molecular flexibility index (Phi) is 3.70. The van der Waals surface area contributed by atoms with Gasteiger partial charge in [0.1, 0.15) is 0 Å². The lowest BCUT2D eigenvalue weighted by molar-refractivity contribution is 0.324. The molecule has 0 saturated heterocycles. The third-order valence-corrected chi connectivity index (χ3v) is 4.50. The highest BCUT2D eigenvalue weighted by Gasteiger charge is 2.25. The Labute approximate surface area is 125 Å². The van der Waals surface area contributed by atoms with Crippen molar-refractivity contribution in [1.29, 1.82) is 0 Å². The molecule has 2 aromatic rings. The van der Waals surface area contributed by atoms with E-state index in [1.54, 1.807) is 0 Å². The molecule has 3 rings (SSSR count). The van der Waals surface area contributed by atoms with E-state index in [9.17, 15) is 0 Å². The Morgan fingerprint density at radius 2 is 2.05 bits per heavy atom. The highest BCUT2D eigenvalue weighted by atomic mass is 16.5. The maximum Gasteiger partial charge on any atom is 0.260 e. The van der Waals surface area contributed by atoms with E-state index in [2.05, 4.69) is 30.1 Å². The smallest absolute Gasteiger partial charge is 0.260 e. The molecule has 1 fully saturated rings. The number of aryl methyl sites for hydroxylation is 2. The van der Waals surface area contributed by atoms with Crippen molar-refractivity contribution in [3.8, 4) is 11.5 Å². The van der Waals surface area contributed by atoms with Crippen molar-refractivity contribution >= 4 is 5.69 Å². The van der Waals surface area contributed by atoms with E-state index >= 15 is 0 Å². The third kappa shape index (κ3) is 2.80. The van der Waals surface area contributed by atoms with Crippen molar-refractivity contribution in [1.82, 2.24) is 10.1 Å². The lowest BCUT2D eigenvalue weighted by Crippen LogP contribution is -2.12. The van der Waals surface area contributed by atoms with Crippen LogP contribution in [0.3, 0.4) is 0 Å². The molecular weight excluding hydrogens is 262 g/mol. The van der Waals surface area contributed by atoms with Crippen LogP contribution in [0.4, 0.5) is 5.69 Å². The largest absolute Gasteiger partial charge is 0.398 e. The van der Waals surface area contributed by atoms with Crippen LogP contribution in [0.1, 0.15) is 55.5 Å². The summed E-state index contributed by atoms with van der Waals surface area (Å²) in [5.41, 5.74) is 9.96. The molecule has 112 valence electrons. The average Bonchev–Trinajstić information content (AvgIpc) is 2.92. The zero-order valence-electron chi connectivity index (χ0n) is 13.0. The fraction of sp³-hybridized carbons (Fsp3) is 0.529. The summed E-state index contributed by atoms with van der Waals surface area (Å²) in [6.45, 7) is 6.36. The third-order valence-electron chi connectivity index (χ3n) is 4.50.